The Morgan fingerprint density at radius 1 is 1.18 bits per heavy atom. The standard InChI is InChI=1S/C12H14F3N3O2S.ClH/c13-12(14,15)8-1-7(4-16)2-9(3-8)18-11(20)6-21-5-10(17)19;/h1-3H,4-6,16H2,(H2,17,19)(H,18,20);1H. The molecule has 0 aliphatic rings. The van der Waals surface area contributed by atoms with Gasteiger partial charge in [0.1, 0.15) is 0 Å². The van der Waals surface area contributed by atoms with Crippen LogP contribution in [0.4, 0.5) is 18.9 Å². The number of nitrogens with one attached hydrogen (secondary N) is 1. The van der Waals surface area contributed by atoms with E-state index in [4.69, 9.17) is 11.5 Å². The van der Waals surface area contributed by atoms with Crippen LogP contribution in [-0.2, 0) is 22.3 Å². The zero-order valence-electron chi connectivity index (χ0n) is 11.3. The minimum Gasteiger partial charge on any atom is -0.369 e. The summed E-state index contributed by atoms with van der Waals surface area (Å²) in [5, 5.41) is 2.34. The lowest BCUT2D eigenvalue weighted by Gasteiger charge is -2.12. The van der Waals surface area contributed by atoms with E-state index < -0.39 is 23.6 Å². The van der Waals surface area contributed by atoms with Crippen molar-refractivity contribution in [2.45, 2.75) is 12.7 Å². The molecule has 0 heterocycles. The second-order valence-corrected chi connectivity index (χ2v) is 5.11. The molecular weight excluding hydrogens is 343 g/mol. The predicted octanol–water partition coefficient (Wildman–Crippen LogP) is 1.74. The van der Waals surface area contributed by atoms with Gasteiger partial charge in [-0.3, -0.25) is 9.59 Å². The third-order valence-corrected chi connectivity index (χ3v) is 3.27. The van der Waals surface area contributed by atoms with Crippen molar-refractivity contribution < 1.29 is 22.8 Å². The molecule has 0 unspecified atom stereocenters. The summed E-state index contributed by atoms with van der Waals surface area (Å²) >= 11 is 0.975. The molecule has 0 fully saturated rings. The second kappa shape index (κ2) is 8.86. The highest BCUT2D eigenvalue weighted by Crippen LogP contribution is 2.32. The summed E-state index contributed by atoms with van der Waals surface area (Å²) in [7, 11) is 0. The number of halogens is 4. The van der Waals surface area contributed by atoms with E-state index in [1.807, 2.05) is 0 Å². The zero-order valence-corrected chi connectivity index (χ0v) is 12.9. The fraction of sp³-hybridized carbons (Fsp3) is 0.333. The van der Waals surface area contributed by atoms with Crippen LogP contribution in [-0.4, -0.2) is 23.3 Å². The smallest absolute Gasteiger partial charge is 0.369 e. The number of amides is 2. The van der Waals surface area contributed by atoms with E-state index in [0.717, 1.165) is 23.9 Å². The zero-order chi connectivity index (χ0) is 16.0. The minimum atomic E-state index is -4.52. The first kappa shape index (κ1) is 20.6. The average molecular weight is 358 g/mol. The Kier molecular flexibility index (Phi) is 8.28. The monoisotopic (exact) mass is 357 g/mol. The van der Waals surface area contributed by atoms with Gasteiger partial charge in [0, 0.05) is 12.2 Å². The molecule has 0 saturated carbocycles. The van der Waals surface area contributed by atoms with E-state index in [1.54, 1.807) is 0 Å². The first-order valence-corrected chi connectivity index (χ1v) is 6.95. The Hall–Kier alpha value is -1.45. The highest BCUT2D eigenvalue weighted by molar-refractivity contribution is 8.00. The molecule has 0 radical (unpaired) electrons. The van der Waals surface area contributed by atoms with Crippen LogP contribution >= 0.6 is 24.2 Å². The van der Waals surface area contributed by atoms with E-state index in [1.165, 1.54) is 6.07 Å². The molecule has 0 aliphatic carbocycles. The Labute approximate surface area is 135 Å². The van der Waals surface area contributed by atoms with E-state index in [-0.39, 0.29) is 41.7 Å². The van der Waals surface area contributed by atoms with Crippen molar-refractivity contribution in [3.8, 4) is 0 Å². The fourth-order valence-electron chi connectivity index (χ4n) is 1.49. The van der Waals surface area contributed by atoms with Crippen molar-refractivity contribution in [1.29, 1.82) is 0 Å². The van der Waals surface area contributed by atoms with E-state index >= 15 is 0 Å². The molecule has 1 rings (SSSR count). The first-order chi connectivity index (χ1) is 9.72. The van der Waals surface area contributed by atoms with Gasteiger partial charge in [0.05, 0.1) is 17.1 Å². The van der Waals surface area contributed by atoms with E-state index in [0.29, 0.717) is 0 Å². The third-order valence-electron chi connectivity index (χ3n) is 2.32. The maximum absolute atomic E-state index is 12.7. The summed E-state index contributed by atoms with van der Waals surface area (Å²) in [5.74, 6) is -1.22. The van der Waals surface area contributed by atoms with Crippen molar-refractivity contribution in [1.82, 2.24) is 0 Å². The summed E-state index contributed by atoms with van der Waals surface area (Å²) in [6, 6.07) is 3.12. The fourth-order valence-corrected chi connectivity index (χ4v) is 2.05. The number of carbonyl (C=O) groups is 2. The number of hydrogen-bond donors (Lipinski definition) is 3. The number of hydrogen-bond acceptors (Lipinski definition) is 4. The molecule has 2 amide bonds. The van der Waals surface area contributed by atoms with Gasteiger partial charge >= 0.3 is 6.18 Å². The van der Waals surface area contributed by atoms with Gasteiger partial charge < -0.3 is 16.8 Å². The molecule has 0 bridgehead atoms. The van der Waals surface area contributed by atoms with Gasteiger partial charge in [-0.05, 0) is 23.8 Å². The largest absolute Gasteiger partial charge is 0.416 e. The van der Waals surface area contributed by atoms with Crippen LogP contribution in [0.1, 0.15) is 11.1 Å². The number of thioether (sulfide) groups is 1. The van der Waals surface area contributed by atoms with Gasteiger partial charge in [-0.2, -0.15) is 13.2 Å². The molecular formula is C12H15ClF3N3O2S. The van der Waals surface area contributed by atoms with Gasteiger partial charge in [0.2, 0.25) is 11.8 Å². The molecule has 5 nitrogen and oxygen atoms in total. The first-order valence-electron chi connectivity index (χ1n) is 5.79. The Morgan fingerprint density at radius 3 is 2.32 bits per heavy atom. The minimum absolute atomic E-state index is 0. The van der Waals surface area contributed by atoms with Crippen LogP contribution in [0.25, 0.3) is 0 Å². The SMILES string of the molecule is Cl.NCc1cc(NC(=O)CSCC(N)=O)cc(C(F)(F)F)c1. The van der Waals surface area contributed by atoms with Crippen LogP contribution in [0.3, 0.4) is 0 Å². The quantitative estimate of drug-likeness (QED) is 0.722. The molecule has 0 spiro atoms. The molecule has 1 aromatic rings. The summed E-state index contributed by atoms with van der Waals surface area (Å²) in [6.07, 6.45) is -4.52. The van der Waals surface area contributed by atoms with Gasteiger partial charge in [0.25, 0.3) is 0 Å². The maximum atomic E-state index is 12.7. The van der Waals surface area contributed by atoms with Crippen molar-refractivity contribution in [3.63, 3.8) is 0 Å². The van der Waals surface area contributed by atoms with Crippen LogP contribution in [0.2, 0.25) is 0 Å². The summed E-state index contributed by atoms with van der Waals surface area (Å²) in [4.78, 5) is 22.1. The number of benzene rings is 1. The molecule has 0 aromatic heterocycles. The van der Waals surface area contributed by atoms with Gasteiger partial charge in [0.15, 0.2) is 0 Å². The van der Waals surface area contributed by atoms with Crippen molar-refractivity contribution in [3.05, 3.63) is 29.3 Å². The molecule has 0 atom stereocenters. The highest BCUT2D eigenvalue weighted by atomic mass is 35.5. The number of carbonyl (C=O) groups excluding carboxylic acids is 2. The number of primary amides is 1. The van der Waals surface area contributed by atoms with Gasteiger partial charge in [-0.25, -0.2) is 0 Å². The predicted molar refractivity (Wildman–Crippen MR) is 81.7 cm³/mol. The summed E-state index contributed by atoms with van der Waals surface area (Å²) < 4.78 is 38.1. The number of anilines is 1. The molecule has 22 heavy (non-hydrogen) atoms. The lowest BCUT2D eigenvalue weighted by Crippen LogP contribution is -2.19. The van der Waals surface area contributed by atoms with Gasteiger partial charge in [-0.1, -0.05) is 0 Å². The van der Waals surface area contributed by atoms with E-state index in [9.17, 15) is 22.8 Å². The maximum Gasteiger partial charge on any atom is 0.416 e. The molecule has 124 valence electrons. The van der Waals surface area contributed by atoms with E-state index in [2.05, 4.69) is 5.32 Å². The van der Waals surface area contributed by atoms with Gasteiger partial charge in [-0.15, -0.1) is 24.2 Å². The van der Waals surface area contributed by atoms with Crippen molar-refractivity contribution in [2.24, 2.45) is 11.5 Å². The lowest BCUT2D eigenvalue weighted by molar-refractivity contribution is -0.137. The highest BCUT2D eigenvalue weighted by Gasteiger charge is 2.31. The topological polar surface area (TPSA) is 98.2 Å². The molecule has 0 aliphatic heterocycles. The number of nitrogens with two attached hydrogens (primary N) is 2. The van der Waals surface area contributed by atoms with Crippen LogP contribution in [0, 0.1) is 0 Å². The summed E-state index contributed by atoms with van der Waals surface area (Å²) in [5.41, 5.74) is 9.63. The van der Waals surface area contributed by atoms with Crippen LogP contribution < -0.4 is 16.8 Å². The molecule has 0 saturated heterocycles. The normalized spacial score (nSPS) is 10.7. The van der Waals surface area contributed by atoms with Crippen molar-refractivity contribution >= 4 is 41.7 Å². The van der Waals surface area contributed by atoms with Crippen LogP contribution in [0.15, 0.2) is 18.2 Å². The number of rotatable bonds is 6. The average Bonchev–Trinajstić information content (AvgIpc) is 2.36. The molecule has 10 heteroatoms. The Balaban J connectivity index is 0.00000441. The Bertz CT molecular complexity index is 541. The van der Waals surface area contributed by atoms with Crippen LogP contribution in [0.5, 0.6) is 0 Å². The second-order valence-electron chi connectivity index (χ2n) is 4.13. The molecule has 1 aromatic carbocycles. The lowest BCUT2D eigenvalue weighted by atomic mass is 10.1. The third kappa shape index (κ3) is 7.01. The van der Waals surface area contributed by atoms with Crippen molar-refractivity contribution in [2.75, 3.05) is 16.8 Å². The Morgan fingerprint density at radius 2 is 1.82 bits per heavy atom. The molecule has 5 N–H and O–H groups in total. The number of alkyl halides is 3. The summed E-state index contributed by atoms with van der Waals surface area (Å²) in [6.45, 7) is -0.0801.